The fourth-order valence-electron chi connectivity index (χ4n) is 3.55. The molecular formula is C17H25FN2. The Bertz CT molecular complexity index is 462. The number of hydrogen-bond donors (Lipinski definition) is 1. The van der Waals surface area contributed by atoms with E-state index in [0.29, 0.717) is 17.5 Å². The minimum absolute atomic E-state index is 0.0419. The van der Waals surface area contributed by atoms with Gasteiger partial charge in [0.25, 0.3) is 0 Å². The fraction of sp³-hybridized carbons (Fsp3) is 0.647. The predicted octanol–water partition coefficient (Wildman–Crippen LogP) is 3.15. The Morgan fingerprint density at radius 3 is 2.50 bits per heavy atom. The zero-order chi connectivity index (χ0) is 14.2. The molecule has 0 spiro atoms. The van der Waals surface area contributed by atoms with Gasteiger partial charge in [-0.3, -0.25) is 0 Å². The molecule has 0 heterocycles. The van der Waals surface area contributed by atoms with Crippen molar-refractivity contribution < 1.29 is 4.39 Å². The lowest BCUT2D eigenvalue weighted by molar-refractivity contribution is 0.0524. The standard InChI is InChI=1S/C17H25FN2/c1-20(2)17(8-5-9-17)12-19-14-10-13(11-14)15-6-3-4-7-16(15)18/h3-4,6-7,13-14,19H,5,8-12H2,1-2H3. The molecule has 2 fully saturated rings. The Morgan fingerprint density at radius 1 is 1.25 bits per heavy atom. The highest BCUT2D eigenvalue weighted by molar-refractivity contribution is 5.24. The van der Waals surface area contributed by atoms with Crippen LogP contribution < -0.4 is 5.32 Å². The average Bonchev–Trinajstić information content (AvgIpc) is 2.31. The van der Waals surface area contributed by atoms with E-state index in [0.717, 1.165) is 24.9 Å². The summed E-state index contributed by atoms with van der Waals surface area (Å²) in [6, 6.07) is 7.78. The molecule has 2 aliphatic carbocycles. The van der Waals surface area contributed by atoms with E-state index in [1.807, 2.05) is 12.1 Å². The van der Waals surface area contributed by atoms with Gasteiger partial charge in [-0.05, 0) is 63.7 Å². The lowest BCUT2D eigenvalue weighted by Crippen LogP contribution is -2.58. The van der Waals surface area contributed by atoms with Crippen LogP contribution in [-0.4, -0.2) is 37.1 Å². The van der Waals surface area contributed by atoms with Crippen LogP contribution in [0.1, 0.15) is 43.6 Å². The molecule has 2 aliphatic rings. The van der Waals surface area contributed by atoms with Crippen LogP contribution in [0.2, 0.25) is 0 Å². The first kappa shape index (κ1) is 14.0. The van der Waals surface area contributed by atoms with Crippen LogP contribution in [0.4, 0.5) is 4.39 Å². The monoisotopic (exact) mass is 276 g/mol. The Morgan fingerprint density at radius 2 is 1.95 bits per heavy atom. The lowest BCUT2D eigenvalue weighted by Gasteiger charge is -2.49. The second-order valence-corrected chi connectivity index (χ2v) is 6.74. The van der Waals surface area contributed by atoms with Crippen LogP contribution in [0.15, 0.2) is 24.3 Å². The van der Waals surface area contributed by atoms with Crippen LogP contribution in [0.5, 0.6) is 0 Å². The molecule has 0 aliphatic heterocycles. The molecule has 3 heteroatoms. The van der Waals surface area contributed by atoms with Crippen molar-refractivity contribution in [2.75, 3.05) is 20.6 Å². The molecule has 0 aromatic heterocycles. The van der Waals surface area contributed by atoms with Crippen molar-refractivity contribution in [3.8, 4) is 0 Å². The maximum atomic E-state index is 13.7. The van der Waals surface area contributed by atoms with Crippen molar-refractivity contribution in [3.05, 3.63) is 35.6 Å². The van der Waals surface area contributed by atoms with E-state index in [2.05, 4.69) is 24.3 Å². The third kappa shape index (κ3) is 2.49. The highest BCUT2D eigenvalue weighted by Crippen LogP contribution is 2.40. The molecule has 0 atom stereocenters. The van der Waals surface area contributed by atoms with E-state index in [1.54, 1.807) is 12.1 Å². The molecule has 1 aromatic carbocycles. The van der Waals surface area contributed by atoms with Crippen LogP contribution in [-0.2, 0) is 0 Å². The molecule has 0 saturated heterocycles. The smallest absolute Gasteiger partial charge is 0.126 e. The highest BCUT2D eigenvalue weighted by atomic mass is 19.1. The van der Waals surface area contributed by atoms with Gasteiger partial charge in [0.05, 0.1) is 0 Å². The normalized spacial score (nSPS) is 28.0. The summed E-state index contributed by atoms with van der Waals surface area (Å²) in [7, 11) is 4.37. The number of rotatable bonds is 5. The molecular weight excluding hydrogens is 251 g/mol. The first-order valence-corrected chi connectivity index (χ1v) is 7.76. The average molecular weight is 276 g/mol. The summed E-state index contributed by atoms with van der Waals surface area (Å²) < 4.78 is 13.7. The molecule has 1 aromatic rings. The molecule has 0 unspecified atom stereocenters. The van der Waals surface area contributed by atoms with Gasteiger partial charge < -0.3 is 10.2 Å². The van der Waals surface area contributed by atoms with Crippen molar-refractivity contribution in [1.29, 1.82) is 0 Å². The van der Waals surface area contributed by atoms with Crippen LogP contribution in [0.3, 0.4) is 0 Å². The van der Waals surface area contributed by atoms with E-state index in [4.69, 9.17) is 0 Å². The molecule has 110 valence electrons. The molecule has 0 radical (unpaired) electrons. The van der Waals surface area contributed by atoms with E-state index >= 15 is 0 Å². The van der Waals surface area contributed by atoms with E-state index in [1.165, 1.54) is 19.3 Å². The van der Waals surface area contributed by atoms with Crippen LogP contribution in [0, 0.1) is 5.82 Å². The van der Waals surface area contributed by atoms with Gasteiger partial charge in [0, 0.05) is 18.1 Å². The topological polar surface area (TPSA) is 15.3 Å². The zero-order valence-electron chi connectivity index (χ0n) is 12.5. The summed E-state index contributed by atoms with van der Waals surface area (Å²) >= 11 is 0. The van der Waals surface area contributed by atoms with Crippen molar-refractivity contribution in [3.63, 3.8) is 0 Å². The van der Waals surface area contributed by atoms with E-state index in [9.17, 15) is 4.39 Å². The molecule has 0 bridgehead atoms. The van der Waals surface area contributed by atoms with Crippen molar-refractivity contribution in [1.82, 2.24) is 10.2 Å². The lowest BCUT2D eigenvalue weighted by atomic mass is 9.73. The third-order valence-corrected chi connectivity index (χ3v) is 5.44. The van der Waals surface area contributed by atoms with E-state index < -0.39 is 0 Å². The Kier molecular flexibility index (Phi) is 3.83. The number of hydrogen-bond acceptors (Lipinski definition) is 2. The number of benzene rings is 1. The van der Waals surface area contributed by atoms with Crippen molar-refractivity contribution >= 4 is 0 Å². The number of nitrogens with zero attached hydrogens (tertiary/aromatic N) is 1. The molecule has 3 rings (SSSR count). The first-order valence-electron chi connectivity index (χ1n) is 7.76. The fourth-order valence-corrected chi connectivity index (χ4v) is 3.55. The van der Waals surface area contributed by atoms with Gasteiger partial charge in [0.15, 0.2) is 0 Å². The molecule has 20 heavy (non-hydrogen) atoms. The van der Waals surface area contributed by atoms with Gasteiger partial charge in [-0.1, -0.05) is 18.2 Å². The number of likely N-dealkylation sites (N-methyl/N-ethyl adjacent to an activating group) is 1. The molecule has 1 N–H and O–H groups in total. The molecule has 2 nitrogen and oxygen atoms in total. The van der Waals surface area contributed by atoms with Crippen LogP contribution >= 0.6 is 0 Å². The Labute approximate surface area is 121 Å². The maximum absolute atomic E-state index is 13.7. The summed E-state index contributed by atoms with van der Waals surface area (Å²) in [6.07, 6.45) is 6.10. The Balaban J connectivity index is 1.48. The molecule has 0 amide bonds. The SMILES string of the molecule is CN(C)C1(CNC2CC(c3ccccc3F)C2)CCC1. The predicted molar refractivity (Wildman–Crippen MR) is 80.4 cm³/mol. The Hall–Kier alpha value is -0.930. The van der Waals surface area contributed by atoms with Gasteiger partial charge in [-0.15, -0.1) is 0 Å². The summed E-state index contributed by atoms with van der Waals surface area (Å²) in [4.78, 5) is 2.37. The zero-order valence-corrected chi connectivity index (χ0v) is 12.5. The van der Waals surface area contributed by atoms with Crippen LogP contribution in [0.25, 0.3) is 0 Å². The first-order chi connectivity index (χ1) is 9.61. The van der Waals surface area contributed by atoms with Gasteiger partial charge in [-0.2, -0.15) is 0 Å². The minimum Gasteiger partial charge on any atom is -0.312 e. The minimum atomic E-state index is -0.0419. The number of halogens is 1. The quantitative estimate of drug-likeness (QED) is 0.889. The summed E-state index contributed by atoms with van der Waals surface area (Å²) in [5.41, 5.74) is 1.28. The van der Waals surface area contributed by atoms with E-state index in [-0.39, 0.29) is 5.82 Å². The second-order valence-electron chi connectivity index (χ2n) is 6.74. The van der Waals surface area contributed by atoms with Gasteiger partial charge in [-0.25, -0.2) is 4.39 Å². The van der Waals surface area contributed by atoms with Crippen molar-refractivity contribution in [2.24, 2.45) is 0 Å². The summed E-state index contributed by atoms with van der Waals surface area (Å²) in [5, 5.41) is 3.70. The van der Waals surface area contributed by atoms with Gasteiger partial charge >= 0.3 is 0 Å². The highest BCUT2D eigenvalue weighted by Gasteiger charge is 2.40. The third-order valence-electron chi connectivity index (χ3n) is 5.44. The summed E-state index contributed by atoms with van der Waals surface area (Å²) in [6.45, 7) is 1.08. The van der Waals surface area contributed by atoms with Crippen molar-refractivity contribution in [2.45, 2.75) is 49.6 Å². The summed E-state index contributed by atoms with van der Waals surface area (Å²) in [5.74, 6) is 0.366. The largest absolute Gasteiger partial charge is 0.312 e. The number of nitrogens with one attached hydrogen (secondary N) is 1. The second kappa shape index (κ2) is 5.45. The van der Waals surface area contributed by atoms with Gasteiger partial charge in [0.1, 0.15) is 5.82 Å². The van der Waals surface area contributed by atoms with Gasteiger partial charge in [0.2, 0.25) is 0 Å². The molecule has 2 saturated carbocycles. The maximum Gasteiger partial charge on any atom is 0.126 e.